The number of benzene rings is 2. The van der Waals surface area contributed by atoms with Crippen LogP contribution in [-0.4, -0.2) is 56.3 Å². The predicted molar refractivity (Wildman–Crippen MR) is 156 cm³/mol. The van der Waals surface area contributed by atoms with Crippen molar-refractivity contribution in [3.63, 3.8) is 0 Å². The maximum atomic E-state index is 11.6. The summed E-state index contributed by atoms with van der Waals surface area (Å²) in [5.41, 5.74) is 4.00. The van der Waals surface area contributed by atoms with Gasteiger partial charge >= 0.3 is 5.97 Å². The van der Waals surface area contributed by atoms with Crippen molar-refractivity contribution in [3.8, 4) is 5.88 Å². The van der Waals surface area contributed by atoms with Gasteiger partial charge in [-0.05, 0) is 68.1 Å². The number of halogens is 2. The van der Waals surface area contributed by atoms with Gasteiger partial charge in [-0.2, -0.15) is 0 Å². The Labute approximate surface area is 247 Å². The zero-order valence-corrected chi connectivity index (χ0v) is 23.9. The molecule has 2 aliphatic heterocycles. The molecule has 1 saturated carbocycles. The molecule has 2 saturated heterocycles. The highest BCUT2D eigenvalue weighted by Crippen LogP contribution is 2.59. The number of hydrogen-bond acceptors (Lipinski definition) is 6. The molecule has 10 heteroatoms. The first kappa shape index (κ1) is 26.7. The Morgan fingerprint density at radius 1 is 1.15 bits per heavy atom. The summed E-state index contributed by atoms with van der Waals surface area (Å²) in [6, 6.07) is 16.6. The molecule has 3 fully saturated rings. The molecule has 0 spiro atoms. The maximum absolute atomic E-state index is 11.6. The van der Waals surface area contributed by atoms with Crippen LogP contribution in [-0.2, 0) is 29.8 Å². The van der Waals surface area contributed by atoms with E-state index >= 15 is 0 Å². The first-order valence-corrected chi connectivity index (χ1v) is 14.7. The Bertz CT molecular complexity index is 1640. The van der Waals surface area contributed by atoms with Crippen LogP contribution < -0.4 is 4.74 Å². The lowest BCUT2D eigenvalue weighted by Crippen LogP contribution is -2.37. The fraction of sp³-hybridized carbons (Fsp3) is 0.387. The summed E-state index contributed by atoms with van der Waals surface area (Å²) in [6.07, 6.45) is 3.28. The molecule has 1 aliphatic carbocycles. The Morgan fingerprint density at radius 3 is 2.78 bits per heavy atom. The fourth-order valence-electron chi connectivity index (χ4n) is 6.30. The quantitative estimate of drug-likeness (QED) is 0.256. The van der Waals surface area contributed by atoms with Gasteiger partial charge in [-0.1, -0.05) is 35.3 Å². The minimum absolute atomic E-state index is 0.0874. The molecule has 3 atom stereocenters. The first-order valence-electron chi connectivity index (χ1n) is 14.0. The van der Waals surface area contributed by atoms with E-state index < -0.39 is 5.97 Å². The van der Waals surface area contributed by atoms with E-state index in [1.165, 1.54) is 0 Å². The first-order chi connectivity index (χ1) is 19.9. The number of fused-ring (bicyclic) bond motifs is 2. The zero-order chi connectivity index (χ0) is 28.1. The number of imidazole rings is 1. The zero-order valence-electron chi connectivity index (χ0n) is 22.4. The third-order valence-corrected chi connectivity index (χ3v) is 9.41. The van der Waals surface area contributed by atoms with E-state index in [4.69, 9.17) is 42.6 Å². The standard InChI is InChI=1S/C31H30Cl2N4O4/c32-22-6-4-20(24(33)13-22)18-41-29-3-1-2-27(35-29)31-9-10-36(15-21(31)14-31)17-28-34-25-7-5-19(30(38)39)12-26(25)37(28)16-23-8-11-40-23/h1-7,12-13,21,23H,8-11,14-18H2,(H,38,39)/t21-,23?,31+/m0/s1. The Kier molecular flexibility index (Phi) is 6.90. The lowest BCUT2D eigenvalue weighted by atomic mass is 9.91. The van der Waals surface area contributed by atoms with Gasteiger partial charge in [-0.15, -0.1) is 0 Å². The number of nitrogens with zero attached hydrogens (tertiary/aromatic N) is 4. The van der Waals surface area contributed by atoms with Crippen molar-refractivity contribution in [2.75, 3.05) is 19.7 Å². The highest BCUT2D eigenvalue weighted by molar-refractivity contribution is 6.35. The third-order valence-electron chi connectivity index (χ3n) is 8.83. The van der Waals surface area contributed by atoms with Crippen molar-refractivity contribution in [2.45, 2.75) is 50.5 Å². The molecule has 41 heavy (non-hydrogen) atoms. The topological polar surface area (TPSA) is 89.7 Å². The molecular formula is C31H30Cl2N4O4. The largest absolute Gasteiger partial charge is 0.478 e. The van der Waals surface area contributed by atoms with Gasteiger partial charge in [0, 0.05) is 40.2 Å². The number of carboxylic acid groups (broad SMARTS) is 1. The van der Waals surface area contributed by atoms with Crippen LogP contribution in [0.25, 0.3) is 11.0 Å². The van der Waals surface area contributed by atoms with Crippen LogP contribution in [0, 0.1) is 5.92 Å². The summed E-state index contributed by atoms with van der Waals surface area (Å²) in [6.45, 7) is 4.42. The molecule has 2 aromatic heterocycles. The number of ether oxygens (including phenoxy) is 2. The Hall–Kier alpha value is -3.17. The van der Waals surface area contributed by atoms with E-state index in [0.717, 1.165) is 73.6 Å². The molecule has 1 N–H and O–H groups in total. The molecule has 4 heterocycles. The van der Waals surface area contributed by atoms with E-state index in [9.17, 15) is 9.90 Å². The molecular weight excluding hydrogens is 563 g/mol. The summed E-state index contributed by atoms with van der Waals surface area (Å²) < 4.78 is 13.9. The Balaban J connectivity index is 1.05. The SMILES string of the molecule is O=C(O)c1ccc2nc(CN3CC[C@@]4(c5cccc(OCc6ccc(Cl)cc6Cl)n5)C[C@H]4C3)n(CC3CCO3)c2c1. The highest BCUT2D eigenvalue weighted by atomic mass is 35.5. The lowest BCUT2D eigenvalue weighted by molar-refractivity contribution is -0.0592. The van der Waals surface area contributed by atoms with Crippen LogP contribution in [0.1, 0.15) is 46.7 Å². The van der Waals surface area contributed by atoms with Crippen LogP contribution in [0.4, 0.5) is 0 Å². The van der Waals surface area contributed by atoms with Gasteiger partial charge in [0.1, 0.15) is 12.4 Å². The van der Waals surface area contributed by atoms with E-state index in [0.29, 0.717) is 35.0 Å². The van der Waals surface area contributed by atoms with E-state index in [1.54, 1.807) is 24.3 Å². The number of aromatic carboxylic acids is 1. The monoisotopic (exact) mass is 592 g/mol. The fourth-order valence-corrected chi connectivity index (χ4v) is 6.76. The summed E-state index contributed by atoms with van der Waals surface area (Å²) in [4.78, 5) is 23.9. The number of aromatic nitrogens is 3. The Morgan fingerprint density at radius 2 is 2.02 bits per heavy atom. The molecule has 212 valence electrons. The second-order valence-electron chi connectivity index (χ2n) is 11.4. The lowest BCUT2D eigenvalue weighted by Gasteiger charge is -2.32. The number of hydrogen-bond donors (Lipinski definition) is 1. The molecule has 3 aliphatic rings. The number of pyridine rings is 1. The van der Waals surface area contributed by atoms with Crippen LogP contribution in [0.15, 0.2) is 54.6 Å². The van der Waals surface area contributed by atoms with Crippen molar-refractivity contribution < 1.29 is 19.4 Å². The van der Waals surface area contributed by atoms with Crippen molar-refractivity contribution in [1.82, 2.24) is 19.4 Å². The minimum atomic E-state index is -0.931. The summed E-state index contributed by atoms with van der Waals surface area (Å²) in [7, 11) is 0. The summed E-state index contributed by atoms with van der Waals surface area (Å²) >= 11 is 12.3. The predicted octanol–water partition coefficient (Wildman–Crippen LogP) is 5.97. The smallest absolute Gasteiger partial charge is 0.335 e. The van der Waals surface area contributed by atoms with Crippen molar-refractivity contribution in [2.24, 2.45) is 5.92 Å². The minimum Gasteiger partial charge on any atom is -0.478 e. The van der Waals surface area contributed by atoms with E-state index in [-0.39, 0.29) is 17.1 Å². The van der Waals surface area contributed by atoms with Gasteiger partial charge in [0.15, 0.2) is 0 Å². The summed E-state index contributed by atoms with van der Waals surface area (Å²) in [5.74, 6) is 1.15. The van der Waals surface area contributed by atoms with Gasteiger partial charge in [-0.3, -0.25) is 4.90 Å². The molecule has 8 nitrogen and oxygen atoms in total. The van der Waals surface area contributed by atoms with Gasteiger partial charge in [0.25, 0.3) is 0 Å². The molecule has 0 radical (unpaired) electrons. The van der Waals surface area contributed by atoms with E-state index in [1.807, 2.05) is 24.3 Å². The van der Waals surface area contributed by atoms with Crippen LogP contribution in [0.3, 0.4) is 0 Å². The second-order valence-corrected chi connectivity index (χ2v) is 12.2. The highest BCUT2D eigenvalue weighted by Gasteiger charge is 2.58. The van der Waals surface area contributed by atoms with Gasteiger partial charge in [0.05, 0.1) is 41.5 Å². The molecule has 1 unspecified atom stereocenters. The molecule has 7 rings (SSSR count). The molecule has 4 aromatic rings. The number of carbonyl (C=O) groups is 1. The van der Waals surface area contributed by atoms with Crippen LogP contribution in [0.2, 0.25) is 10.0 Å². The third kappa shape index (κ3) is 5.18. The van der Waals surface area contributed by atoms with Gasteiger partial charge in [-0.25, -0.2) is 14.8 Å². The maximum Gasteiger partial charge on any atom is 0.335 e. The van der Waals surface area contributed by atoms with Gasteiger partial charge < -0.3 is 19.1 Å². The number of piperidine rings is 1. The van der Waals surface area contributed by atoms with Crippen LogP contribution >= 0.6 is 23.2 Å². The summed E-state index contributed by atoms with van der Waals surface area (Å²) in [5, 5.41) is 10.7. The normalized spacial score (nSPS) is 23.7. The average Bonchev–Trinajstić information content (AvgIpc) is 3.58. The molecule has 2 aromatic carbocycles. The number of likely N-dealkylation sites (tertiary alicyclic amines) is 1. The van der Waals surface area contributed by atoms with Crippen LogP contribution in [0.5, 0.6) is 5.88 Å². The number of rotatable bonds is 9. The average molecular weight is 594 g/mol. The second kappa shape index (κ2) is 10.6. The van der Waals surface area contributed by atoms with E-state index in [2.05, 4.69) is 15.5 Å². The van der Waals surface area contributed by atoms with Gasteiger partial charge in [0.2, 0.25) is 5.88 Å². The van der Waals surface area contributed by atoms with Crippen molar-refractivity contribution in [1.29, 1.82) is 0 Å². The molecule has 0 bridgehead atoms. The van der Waals surface area contributed by atoms with Crippen molar-refractivity contribution in [3.05, 3.63) is 87.3 Å². The molecule has 0 amide bonds. The number of carboxylic acids is 1. The van der Waals surface area contributed by atoms with Crippen molar-refractivity contribution >= 4 is 40.2 Å².